The van der Waals surface area contributed by atoms with E-state index in [1.54, 1.807) is 6.20 Å². The summed E-state index contributed by atoms with van der Waals surface area (Å²) in [5.74, 6) is 0.890. The maximum atomic E-state index is 9.21. The Kier molecular flexibility index (Phi) is 3.29. The Morgan fingerprint density at radius 3 is 2.88 bits per heavy atom. The first-order valence-electron chi connectivity index (χ1n) is 5.83. The second-order valence-electron chi connectivity index (χ2n) is 4.47. The number of pyridine rings is 1. The van der Waals surface area contributed by atoms with Crippen molar-refractivity contribution in [3.8, 4) is 0 Å². The van der Waals surface area contributed by atoms with Crippen LogP contribution >= 0.6 is 0 Å². The standard InChI is InChI=1S/C12H19N3O/c1-2-13-11-7-10(3-6-14-11)15-8-12(9-16)4-5-12/h3,6-7,16H,2,4-5,8-9H2,1H3,(H2,13,14,15). The van der Waals surface area contributed by atoms with Gasteiger partial charge in [-0.05, 0) is 25.8 Å². The minimum Gasteiger partial charge on any atom is -0.396 e. The zero-order chi connectivity index (χ0) is 11.4. The Bertz CT molecular complexity index is 350. The van der Waals surface area contributed by atoms with Gasteiger partial charge in [-0.25, -0.2) is 4.98 Å². The van der Waals surface area contributed by atoms with Crippen molar-refractivity contribution in [2.45, 2.75) is 19.8 Å². The number of aromatic nitrogens is 1. The van der Waals surface area contributed by atoms with Crippen molar-refractivity contribution >= 4 is 11.5 Å². The lowest BCUT2D eigenvalue weighted by Gasteiger charge is -2.14. The van der Waals surface area contributed by atoms with Crippen LogP contribution in [0.1, 0.15) is 19.8 Å². The van der Waals surface area contributed by atoms with Gasteiger partial charge in [-0.1, -0.05) is 0 Å². The average Bonchev–Trinajstić information content (AvgIpc) is 3.08. The van der Waals surface area contributed by atoms with Crippen molar-refractivity contribution in [3.05, 3.63) is 18.3 Å². The molecule has 0 spiro atoms. The van der Waals surface area contributed by atoms with Gasteiger partial charge in [-0.15, -0.1) is 0 Å². The van der Waals surface area contributed by atoms with Crippen molar-refractivity contribution in [1.82, 2.24) is 4.98 Å². The van der Waals surface area contributed by atoms with E-state index in [1.807, 2.05) is 19.1 Å². The molecule has 4 nitrogen and oxygen atoms in total. The first kappa shape index (κ1) is 11.2. The highest BCUT2D eigenvalue weighted by molar-refractivity contribution is 5.52. The van der Waals surface area contributed by atoms with Crippen LogP contribution in [0.25, 0.3) is 0 Å². The number of aliphatic hydroxyl groups excluding tert-OH is 1. The molecule has 0 saturated heterocycles. The first-order chi connectivity index (χ1) is 7.78. The minimum absolute atomic E-state index is 0.140. The van der Waals surface area contributed by atoms with Gasteiger partial charge in [0.15, 0.2) is 0 Å². The topological polar surface area (TPSA) is 57.2 Å². The molecule has 3 N–H and O–H groups in total. The monoisotopic (exact) mass is 221 g/mol. The van der Waals surface area contributed by atoms with E-state index in [1.165, 1.54) is 0 Å². The highest BCUT2D eigenvalue weighted by atomic mass is 16.3. The summed E-state index contributed by atoms with van der Waals surface area (Å²) in [6.45, 7) is 4.05. The molecule has 1 heterocycles. The molecule has 1 fully saturated rings. The molecule has 0 unspecified atom stereocenters. The van der Waals surface area contributed by atoms with Crippen molar-refractivity contribution in [3.63, 3.8) is 0 Å². The lowest BCUT2D eigenvalue weighted by atomic mass is 10.1. The largest absolute Gasteiger partial charge is 0.396 e. The third kappa shape index (κ3) is 2.64. The van der Waals surface area contributed by atoms with E-state index < -0.39 is 0 Å². The van der Waals surface area contributed by atoms with E-state index in [2.05, 4.69) is 15.6 Å². The van der Waals surface area contributed by atoms with E-state index in [9.17, 15) is 5.11 Å². The Morgan fingerprint density at radius 2 is 2.25 bits per heavy atom. The third-order valence-corrected chi connectivity index (χ3v) is 3.08. The first-order valence-corrected chi connectivity index (χ1v) is 5.83. The Hall–Kier alpha value is -1.29. The maximum absolute atomic E-state index is 9.21. The molecule has 0 atom stereocenters. The normalized spacial score (nSPS) is 16.9. The predicted octanol–water partition coefficient (Wildman–Crippen LogP) is 1.70. The van der Waals surface area contributed by atoms with Gasteiger partial charge < -0.3 is 15.7 Å². The maximum Gasteiger partial charge on any atom is 0.127 e. The summed E-state index contributed by atoms with van der Waals surface area (Å²) in [4.78, 5) is 4.21. The molecule has 0 aromatic carbocycles. The van der Waals surface area contributed by atoms with Crippen LogP contribution in [0, 0.1) is 5.41 Å². The molecule has 4 heteroatoms. The predicted molar refractivity (Wildman–Crippen MR) is 65.6 cm³/mol. The fourth-order valence-electron chi connectivity index (χ4n) is 1.68. The molecule has 1 aromatic heterocycles. The third-order valence-electron chi connectivity index (χ3n) is 3.08. The molecule has 1 aliphatic rings. The van der Waals surface area contributed by atoms with E-state index in [0.29, 0.717) is 0 Å². The number of anilines is 2. The summed E-state index contributed by atoms with van der Waals surface area (Å²) in [5.41, 5.74) is 1.20. The van der Waals surface area contributed by atoms with Gasteiger partial charge in [-0.2, -0.15) is 0 Å². The quantitative estimate of drug-likeness (QED) is 0.684. The molecule has 88 valence electrons. The second-order valence-corrected chi connectivity index (χ2v) is 4.47. The van der Waals surface area contributed by atoms with Gasteiger partial charge in [0.1, 0.15) is 5.82 Å². The fraction of sp³-hybridized carbons (Fsp3) is 0.583. The van der Waals surface area contributed by atoms with E-state index in [-0.39, 0.29) is 12.0 Å². The molecule has 1 saturated carbocycles. The molecule has 1 aliphatic carbocycles. The van der Waals surface area contributed by atoms with Crippen molar-refractivity contribution in [2.75, 3.05) is 30.3 Å². The second kappa shape index (κ2) is 4.70. The summed E-state index contributed by atoms with van der Waals surface area (Å²) in [5, 5.41) is 15.7. The van der Waals surface area contributed by atoms with Crippen LogP contribution in [-0.4, -0.2) is 29.8 Å². The van der Waals surface area contributed by atoms with Crippen LogP contribution in [0.15, 0.2) is 18.3 Å². The molecule has 2 rings (SSSR count). The molecular formula is C12H19N3O. The smallest absolute Gasteiger partial charge is 0.127 e. The van der Waals surface area contributed by atoms with Crippen LogP contribution in [0.2, 0.25) is 0 Å². The van der Waals surface area contributed by atoms with Gasteiger partial charge in [0.25, 0.3) is 0 Å². The lowest BCUT2D eigenvalue weighted by molar-refractivity contribution is 0.220. The Labute approximate surface area is 96.1 Å². The van der Waals surface area contributed by atoms with Crippen LogP contribution in [0.3, 0.4) is 0 Å². The summed E-state index contributed by atoms with van der Waals surface area (Å²) in [7, 11) is 0. The number of hydrogen-bond donors (Lipinski definition) is 3. The van der Waals surface area contributed by atoms with Gasteiger partial charge in [0.05, 0.1) is 6.61 Å². The number of hydrogen-bond acceptors (Lipinski definition) is 4. The lowest BCUT2D eigenvalue weighted by Crippen LogP contribution is -2.19. The SMILES string of the molecule is CCNc1cc(NCC2(CO)CC2)ccn1. The zero-order valence-electron chi connectivity index (χ0n) is 9.66. The molecule has 0 amide bonds. The van der Waals surface area contributed by atoms with E-state index >= 15 is 0 Å². The zero-order valence-corrected chi connectivity index (χ0v) is 9.66. The fourth-order valence-corrected chi connectivity index (χ4v) is 1.68. The van der Waals surface area contributed by atoms with Gasteiger partial charge >= 0.3 is 0 Å². The van der Waals surface area contributed by atoms with Crippen LogP contribution in [-0.2, 0) is 0 Å². The van der Waals surface area contributed by atoms with Gasteiger partial charge in [0.2, 0.25) is 0 Å². The molecule has 0 aliphatic heterocycles. The minimum atomic E-state index is 0.140. The number of rotatable bonds is 6. The summed E-state index contributed by atoms with van der Waals surface area (Å²) in [6.07, 6.45) is 4.04. The molecule has 0 radical (unpaired) electrons. The molecule has 1 aromatic rings. The highest BCUT2D eigenvalue weighted by Gasteiger charge is 2.41. The van der Waals surface area contributed by atoms with Crippen molar-refractivity contribution in [2.24, 2.45) is 5.41 Å². The number of nitrogens with one attached hydrogen (secondary N) is 2. The Morgan fingerprint density at radius 1 is 1.44 bits per heavy atom. The van der Waals surface area contributed by atoms with Crippen LogP contribution in [0.5, 0.6) is 0 Å². The summed E-state index contributed by atoms with van der Waals surface area (Å²) >= 11 is 0. The number of aliphatic hydroxyl groups is 1. The van der Waals surface area contributed by atoms with Gasteiger partial charge in [0, 0.05) is 36.5 Å². The summed E-state index contributed by atoms with van der Waals surface area (Å²) in [6, 6.07) is 3.95. The van der Waals surface area contributed by atoms with Crippen molar-refractivity contribution < 1.29 is 5.11 Å². The van der Waals surface area contributed by atoms with Gasteiger partial charge in [-0.3, -0.25) is 0 Å². The highest BCUT2D eigenvalue weighted by Crippen LogP contribution is 2.44. The van der Waals surface area contributed by atoms with Crippen molar-refractivity contribution in [1.29, 1.82) is 0 Å². The van der Waals surface area contributed by atoms with E-state index in [4.69, 9.17) is 0 Å². The van der Waals surface area contributed by atoms with Crippen LogP contribution < -0.4 is 10.6 Å². The average molecular weight is 221 g/mol. The molecule has 0 bridgehead atoms. The van der Waals surface area contributed by atoms with E-state index in [0.717, 1.165) is 37.4 Å². The molecule has 16 heavy (non-hydrogen) atoms. The number of nitrogens with zero attached hydrogens (tertiary/aromatic N) is 1. The van der Waals surface area contributed by atoms with Crippen LogP contribution in [0.4, 0.5) is 11.5 Å². The summed E-state index contributed by atoms with van der Waals surface area (Å²) < 4.78 is 0. The Balaban J connectivity index is 1.91. The molecular weight excluding hydrogens is 202 g/mol.